The molecule has 1 rings (SSSR count). The van der Waals surface area contributed by atoms with Crippen molar-refractivity contribution in [2.24, 2.45) is 0 Å². The highest BCUT2D eigenvalue weighted by Gasteiger charge is 2.17. The summed E-state index contributed by atoms with van der Waals surface area (Å²) in [5.74, 6) is -1.59. The summed E-state index contributed by atoms with van der Waals surface area (Å²) in [6.45, 7) is 1.67. The minimum Gasteiger partial charge on any atom is -0.480 e. The third kappa shape index (κ3) is 6.82. The maximum atomic E-state index is 11.7. The van der Waals surface area contributed by atoms with Gasteiger partial charge in [0.25, 0.3) is 0 Å². The zero-order valence-electron chi connectivity index (χ0n) is 12.0. The Morgan fingerprint density at radius 1 is 1.18 bits per heavy atom. The molecule has 0 saturated heterocycles. The molecule has 0 saturated carbocycles. The van der Waals surface area contributed by atoms with E-state index in [4.69, 9.17) is 16.7 Å². The van der Waals surface area contributed by atoms with E-state index < -0.39 is 17.9 Å². The van der Waals surface area contributed by atoms with Crippen molar-refractivity contribution in [2.45, 2.75) is 19.4 Å². The smallest absolute Gasteiger partial charge is 0.326 e. The van der Waals surface area contributed by atoms with Gasteiger partial charge in [-0.2, -0.15) is 0 Å². The van der Waals surface area contributed by atoms with Crippen LogP contribution >= 0.6 is 23.4 Å². The summed E-state index contributed by atoms with van der Waals surface area (Å²) in [4.78, 5) is 34.0. The second-order valence-electron chi connectivity index (χ2n) is 4.41. The fraction of sp³-hybridized carbons (Fsp3) is 0.357. The number of halogens is 1. The van der Waals surface area contributed by atoms with Crippen molar-refractivity contribution in [2.75, 3.05) is 16.8 Å². The van der Waals surface area contributed by atoms with Gasteiger partial charge in [0.2, 0.25) is 11.8 Å². The molecule has 0 bridgehead atoms. The Balaban J connectivity index is 2.28. The van der Waals surface area contributed by atoms with Gasteiger partial charge in [-0.3, -0.25) is 9.59 Å². The second kappa shape index (κ2) is 9.32. The average Bonchev–Trinajstić information content (AvgIpc) is 2.47. The Morgan fingerprint density at radius 2 is 1.77 bits per heavy atom. The number of carbonyl (C=O) groups excluding carboxylic acids is 2. The molecule has 0 spiro atoms. The third-order valence-corrected chi connectivity index (χ3v) is 3.82. The molecule has 6 nitrogen and oxygen atoms in total. The Hall–Kier alpha value is -1.73. The summed E-state index contributed by atoms with van der Waals surface area (Å²) < 4.78 is 0. The maximum absolute atomic E-state index is 11.7. The number of rotatable bonds is 8. The van der Waals surface area contributed by atoms with Crippen LogP contribution in [-0.4, -0.2) is 40.4 Å². The molecule has 0 fully saturated rings. The highest BCUT2D eigenvalue weighted by atomic mass is 35.5. The molecular formula is C14H17ClN2O4S. The minimum absolute atomic E-state index is 0.0256. The van der Waals surface area contributed by atoms with Crippen LogP contribution in [0.3, 0.4) is 0 Å². The van der Waals surface area contributed by atoms with E-state index in [-0.39, 0.29) is 17.4 Å². The number of anilines is 1. The van der Waals surface area contributed by atoms with Gasteiger partial charge < -0.3 is 15.7 Å². The van der Waals surface area contributed by atoms with Gasteiger partial charge in [0.15, 0.2) is 0 Å². The van der Waals surface area contributed by atoms with Crippen LogP contribution in [0.15, 0.2) is 24.3 Å². The van der Waals surface area contributed by atoms with E-state index >= 15 is 0 Å². The maximum Gasteiger partial charge on any atom is 0.326 e. The van der Waals surface area contributed by atoms with Crippen LogP contribution in [0.25, 0.3) is 0 Å². The Kier molecular flexibility index (Phi) is 7.76. The van der Waals surface area contributed by atoms with Crippen LogP contribution in [0, 0.1) is 0 Å². The normalized spacial score (nSPS) is 11.5. The third-order valence-electron chi connectivity index (χ3n) is 2.64. The molecule has 0 aliphatic heterocycles. The number of amides is 2. The first-order chi connectivity index (χ1) is 10.4. The molecule has 8 heteroatoms. The monoisotopic (exact) mass is 344 g/mol. The van der Waals surface area contributed by atoms with E-state index in [1.165, 1.54) is 0 Å². The van der Waals surface area contributed by atoms with E-state index in [2.05, 4.69) is 10.6 Å². The molecule has 0 heterocycles. The number of hydrogen-bond donors (Lipinski definition) is 3. The van der Waals surface area contributed by atoms with Crippen molar-refractivity contribution < 1.29 is 19.5 Å². The van der Waals surface area contributed by atoms with Crippen molar-refractivity contribution in [1.82, 2.24) is 5.32 Å². The van der Waals surface area contributed by atoms with Gasteiger partial charge in [-0.1, -0.05) is 18.5 Å². The molecule has 1 atom stereocenters. The summed E-state index contributed by atoms with van der Waals surface area (Å²) in [5, 5.41) is 14.5. The number of hydrogen-bond acceptors (Lipinski definition) is 4. The summed E-state index contributed by atoms with van der Waals surface area (Å²) in [5.41, 5.74) is 0.622. The lowest BCUT2D eigenvalue weighted by Gasteiger charge is -2.11. The van der Waals surface area contributed by atoms with Crippen molar-refractivity contribution in [3.63, 3.8) is 0 Å². The number of thioether (sulfide) groups is 1. The lowest BCUT2D eigenvalue weighted by atomic mass is 10.2. The van der Waals surface area contributed by atoms with Crippen LogP contribution in [0.2, 0.25) is 5.02 Å². The van der Waals surface area contributed by atoms with Gasteiger partial charge in [-0.15, -0.1) is 11.8 Å². The molecule has 1 aromatic rings. The largest absolute Gasteiger partial charge is 0.480 e. The SMILES string of the molecule is CCC(NC(=O)CSCC(=O)Nc1ccc(Cl)cc1)C(=O)O. The highest BCUT2D eigenvalue weighted by molar-refractivity contribution is 8.00. The van der Waals surface area contributed by atoms with Gasteiger partial charge in [0.1, 0.15) is 6.04 Å². The number of aliphatic carboxylic acids is 1. The summed E-state index contributed by atoms with van der Waals surface area (Å²) >= 11 is 6.85. The van der Waals surface area contributed by atoms with E-state index in [9.17, 15) is 14.4 Å². The Bertz CT molecular complexity index is 536. The Labute approximate surface area is 137 Å². The predicted octanol–water partition coefficient (Wildman–Crippen LogP) is 1.99. The molecule has 1 unspecified atom stereocenters. The van der Waals surface area contributed by atoms with E-state index in [1.807, 2.05) is 0 Å². The standard InChI is InChI=1S/C14H17ClN2O4S/c1-2-11(14(20)21)17-13(19)8-22-7-12(18)16-10-5-3-9(15)4-6-10/h3-6,11H,2,7-8H2,1H3,(H,16,18)(H,17,19)(H,20,21). The molecule has 0 aromatic heterocycles. The van der Waals surface area contributed by atoms with Crippen molar-refractivity contribution in [3.05, 3.63) is 29.3 Å². The first-order valence-electron chi connectivity index (χ1n) is 6.57. The fourth-order valence-corrected chi connectivity index (χ4v) is 2.30. The quantitative estimate of drug-likeness (QED) is 0.670. The number of benzene rings is 1. The first kappa shape index (κ1) is 18.3. The van der Waals surface area contributed by atoms with Gasteiger partial charge in [0.05, 0.1) is 11.5 Å². The fourth-order valence-electron chi connectivity index (χ4n) is 1.54. The summed E-state index contributed by atoms with van der Waals surface area (Å²) in [7, 11) is 0. The van der Waals surface area contributed by atoms with Gasteiger partial charge >= 0.3 is 5.97 Å². The second-order valence-corrected chi connectivity index (χ2v) is 5.84. The summed E-state index contributed by atoms with van der Waals surface area (Å²) in [6.07, 6.45) is 0.308. The lowest BCUT2D eigenvalue weighted by molar-refractivity contribution is -0.141. The van der Waals surface area contributed by atoms with Crippen LogP contribution < -0.4 is 10.6 Å². The number of carboxylic acid groups (broad SMARTS) is 1. The Morgan fingerprint density at radius 3 is 2.32 bits per heavy atom. The topological polar surface area (TPSA) is 95.5 Å². The molecule has 120 valence electrons. The zero-order chi connectivity index (χ0) is 16.5. The van der Waals surface area contributed by atoms with Crippen LogP contribution in [0.1, 0.15) is 13.3 Å². The molecule has 3 N–H and O–H groups in total. The van der Waals surface area contributed by atoms with E-state index in [0.29, 0.717) is 17.1 Å². The lowest BCUT2D eigenvalue weighted by Crippen LogP contribution is -2.41. The average molecular weight is 345 g/mol. The molecule has 1 aromatic carbocycles. The van der Waals surface area contributed by atoms with Gasteiger partial charge in [-0.25, -0.2) is 4.79 Å². The minimum atomic E-state index is -1.07. The predicted molar refractivity (Wildman–Crippen MR) is 87.3 cm³/mol. The van der Waals surface area contributed by atoms with Gasteiger partial charge in [0, 0.05) is 10.7 Å². The van der Waals surface area contributed by atoms with Crippen LogP contribution in [0.5, 0.6) is 0 Å². The molecule has 22 heavy (non-hydrogen) atoms. The molecular weight excluding hydrogens is 328 g/mol. The van der Waals surface area contributed by atoms with Gasteiger partial charge in [-0.05, 0) is 30.7 Å². The number of nitrogens with one attached hydrogen (secondary N) is 2. The van der Waals surface area contributed by atoms with Crippen molar-refractivity contribution in [3.8, 4) is 0 Å². The van der Waals surface area contributed by atoms with Crippen molar-refractivity contribution >= 4 is 46.8 Å². The zero-order valence-corrected chi connectivity index (χ0v) is 13.5. The number of carbonyl (C=O) groups is 3. The summed E-state index contributed by atoms with van der Waals surface area (Å²) in [6, 6.07) is 5.78. The van der Waals surface area contributed by atoms with E-state index in [1.54, 1.807) is 31.2 Å². The van der Waals surface area contributed by atoms with Crippen LogP contribution in [-0.2, 0) is 14.4 Å². The van der Waals surface area contributed by atoms with Crippen molar-refractivity contribution in [1.29, 1.82) is 0 Å². The molecule has 2 amide bonds. The van der Waals surface area contributed by atoms with Crippen LogP contribution in [0.4, 0.5) is 5.69 Å². The first-order valence-corrected chi connectivity index (χ1v) is 8.11. The molecule has 0 radical (unpaired) electrons. The molecule has 0 aliphatic rings. The van der Waals surface area contributed by atoms with E-state index in [0.717, 1.165) is 11.8 Å². The molecule has 0 aliphatic carbocycles. The highest BCUT2D eigenvalue weighted by Crippen LogP contribution is 2.13. The number of carboxylic acids is 1.